The minimum absolute atomic E-state index is 0.0766. The molecule has 0 saturated carbocycles. The van der Waals surface area contributed by atoms with E-state index in [1.807, 2.05) is 6.92 Å². The molecule has 156 valence electrons. The molecule has 1 atom stereocenters. The van der Waals surface area contributed by atoms with E-state index in [0.29, 0.717) is 29.2 Å². The number of benzene rings is 1. The summed E-state index contributed by atoms with van der Waals surface area (Å²) in [6.45, 7) is 2.37. The average molecular weight is 416 g/mol. The molecule has 6 nitrogen and oxygen atoms in total. The van der Waals surface area contributed by atoms with Gasteiger partial charge in [-0.15, -0.1) is 0 Å². The van der Waals surface area contributed by atoms with Gasteiger partial charge in [0.05, 0.1) is 36.0 Å². The fourth-order valence-electron chi connectivity index (χ4n) is 3.62. The van der Waals surface area contributed by atoms with Gasteiger partial charge < -0.3 is 15.4 Å². The van der Waals surface area contributed by atoms with Crippen molar-refractivity contribution in [2.75, 3.05) is 12.8 Å². The second kappa shape index (κ2) is 7.24. The molecule has 1 aromatic carbocycles. The fraction of sp³-hybridized carbons (Fsp3) is 0.286. The van der Waals surface area contributed by atoms with Gasteiger partial charge in [0.2, 0.25) is 0 Å². The molecule has 0 bridgehead atoms. The Bertz CT molecular complexity index is 1130. The predicted molar refractivity (Wildman–Crippen MR) is 104 cm³/mol. The van der Waals surface area contributed by atoms with Gasteiger partial charge in [0.1, 0.15) is 5.82 Å². The first-order valence-electron chi connectivity index (χ1n) is 9.26. The number of anilines is 1. The van der Waals surface area contributed by atoms with Crippen molar-refractivity contribution in [1.29, 1.82) is 0 Å². The largest absolute Gasteiger partial charge is 0.417 e. The van der Waals surface area contributed by atoms with Crippen molar-refractivity contribution in [2.45, 2.75) is 32.4 Å². The third-order valence-electron chi connectivity index (χ3n) is 5.19. The Balaban J connectivity index is 1.59. The summed E-state index contributed by atoms with van der Waals surface area (Å²) in [7, 11) is 1.57. The maximum Gasteiger partial charge on any atom is 0.417 e. The third kappa shape index (κ3) is 3.56. The molecular weight excluding hydrogens is 397 g/mol. The minimum atomic E-state index is -4.45. The number of ether oxygens (including phenoxy) is 1. The molecule has 3 aromatic rings. The highest BCUT2D eigenvalue weighted by Crippen LogP contribution is 2.38. The molecule has 1 unspecified atom stereocenters. The first kappa shape index (κ1) is 20.1. The number of amides is 1. The molecule has 2 N–H and O–H groups in total. The Morgan fingerprint density at radius 3 is 2.73 bits per heavy atom. The summed E-state index contributed by atoms with van der Waals surface area (Å²) in [5.41, 5.74) is 8.46. The number of rotatable bonds is 3. The van der Waals surface area contributed by atoms with E-state index in [1.165, 1.54) is 11.0 Å². The molecule has 3 heterocycles. The van der Waals surface area contributed by atoms with Crippen LogP contribution in [0.4, 0.5) is 19.0 Å². The van der Waals surface area contributed by atoms with E-state index in [9.17, 15) is 18.0 Å². The second-order valence-corrected chi connectivity index (χ2v) is 7.27. The van der Waals surface area contributed by atoms with E-state index in [4.69, 9.17) is 10.5 Å². The van der Waals surface area contributed by atoms with Gasteiger partial charge in [0.15, 0.2) is 0 Å². The van der Waals surface area contributed by atoms with Crippen LogP contribution in [0.5, 0.6) is 0 Å². The number of nitrogen functional groups attached to an aromatic ring is 1. The number of carbonyl (C=O) groups excluding carboxylic acids is 1. The van der Waals surface area contributed by atoms with Crippen molar-refractivity contribution in [3.8, 4) is 0 Å². The van der Waals surface area contributed by atoms with Crippen LogP contribution in [0.15, 0.2) is 36.5 Å². The van der Waals surface area contributed by atoms with Gasteiger partial charge in [-0.2, -0.15) is 13.2 Å². The minimum Gasteiger partial charge on any atom is -0.383 e. The molecule has 0 fully saturated rings. The Kier molecular flexibility index (Phi) is 4.85. The number of fused-ring (bicyclic) bond motifs is 3. The lowest BCUT2D eigenvalue weighted by Gasteiger charge is -2.18. The molecule has 0 aliphatic carbocycles. The quantitative estimate of drug-likeness (QED) is 0.695. The summed E-state index contributed by atoms with van der Waals surface area (Å²) in [5.74, 6) is 0.142. The van der Waals surface area contributed by atoms with Crippen molar-refractivity contribution in [2.24, 2.45) is 0 Å². The lowest BCUT2D eigenvalue weighted by Crippen LogP contribution is -2.26. The summed E-state index contributed by atoms with van der Waals surface area (Å²) < 4.78 is 43.7. The fourth-order valence-corrected chi connectivity index (χ4v) is 3.62. The monoisotopic (exact) mass is 416 g/mol. The molecule has 4 rings (SSSR count). The van der Waals surface area contributed by atoms with Crippen molar-refractivity contribution in [3.63, 3.8) is 0 Å². The standard InChI is InChI=1S/C21H19F3N4O2/c1-11-18-16(10-30-11)15-7-12(3-6-17(15)27-19(18)25)20(29)28(2)9-14-5-4-13(8-26-14)21(22,23)24/h3-8,11H,9-10H2,1-2H3,(H2,25,27). The number of alkyl halides is 3. The van der Waals surface area contributed by atoms with Crippen molar-refractivity contribution >= 4 is 22.6 Å². The van der Waals surface area contributed by atoms with E-state index in [0.717, 1.165) is 28.8 Å². The number of pyridine rings is 2. The zero-order valence-corrected chi connectivity index (χ0v) is 16.3. The van der Waals surface area contributed by atoms with Gasteiger partial charge in [-0.1, -0.05) is 0 Å². The van der Waals surface area contributed by atoms with Crippen molar-refractivity contribution in [3.05, 3.63) is 64.5 Å². The SMILES string of the molecule is CC1OCc2c1c(N)nc1ccc(C(=O)N(C)Cc3ccc(C(F)(F)F)cn3)cc21. The van der Waals surface area contributed by atoms with Crippen LogP contribution in [0.2, 0.25) is 0 Å². The molecule has 0 spiro atoms. The van der Waals surface area contributed by atoms with E-state index in [2.05, 4.69) is 9.97 Å². The van der Waals surface area contributed by atoms with Gasteiger partial charge in [0, 0.05) is 29.8 Å². The number of aromatic nitrogens is 2. The maximum atomic E-state index is 12.9. The highest BCUT2D eigenvalue weighted by molar-refractivity contribution is 5.99. The Morgan fingerprint density at radius 1 is 1.30 bits per heavy atom. The molecule has 0 radical (unpaired) electrons. The molecule has 1 amide bonds. The smallest absolute Gasteiger partial charge is 0.383 e. The summed E-state index contributed by atoms with van der Waals surface area (Å²) in [6.07, 6.45) is -3.84. The number of hydrogen-bond acceptors (Lipinski definition) is 5. The van der Waals surface area contributed by atoms with E-state index in [1.54, 1.807) is 25.2 Å². The summed E-state index contributed by atoms with van der Waals surface area (Å²) in [6, 6.07) is 7.36. The molecule has 1 aliphatic rings. The summed E-state index contributed by atoms with van der Waals surface area (Å²) in [4.78, 5) is 22.5. The lowest BCUT2D eigenvalue weighted by molar-refractivity contribution is -0.137. The summed E-state index contributed by atoms with van der Waals surface area (Å²) in [5, 5.41) is 0.801. The Morgan fingerprint density at radius 2 is 2.07 bits per heavy atom. The van der Waals surface area contributed by atoms with Gasteiger partial charge >= 0.3 is 6.18 Å². The lowest BCUT2D eigenvalue weighted by atomic mass is 10.00. The number of halogens is 3. The van der Waals surface area contributed by atoms with Crippen molar-refractivity contribution < 1.29 is 22.7 Å². The normalized spacial score (nSPS) is 16.0. The average Bonchev–Trinajstić information content (AvgIpc) is 3.09. The van der Waals surface area contributed by atoms with Gasteiger partial charge in [-0.05, 0) is 42.8 Å². The van der Waals surface area contributed by atoms with Crippen LogP contribution in [0.25, 0.3) is 10.9 Å². The van der Waals surface area contributed by atoms with Crippen LogP contribution in [-0.4, -0.2) is 27.8 Å². The zero-order valence-electron chi connectivity index (χ0n) is 16.3. The molecule has 2 aromatic heterocycles. The van der Waals surface area contributed by atoms with Crippen LogP contribution in [0.1, 0.15) is 45.8 Å². The van der Waals surface area contributed by atoms with Gasteiger partial charge in [0.25, 0.3) is 5.91 Å². The van der Waals surface area contributed by atoms with Gasteiger partial charge in [-0.25, -0.2) is 4.98 Å². The topological polar surface area (TPSA) is 81.3 Å². The molecule has 30 heavy (non-hydrogen) atoms. The first-order chi connectivity index (χ1) is 14.1. The van der Waals surface area contributed by atoms with Crippen LogP contribution in [-0.2, 0) is 24.1 Å². The summed E-state index contributed by atoms with van der Waals surface area (Å²) >= 11 is 0. The van der Waals surface area contributed by atoms with E-state index in [-0.39, 0.29) is 18.6 Å². The van der Waals surface area contributed by atoms with Crippen LogP contribution in [0.3, 0.4) is 0 Å². The molecule has 9 heteroatoms. The molecule has 0 saturated heterocycles. The van der Waals surface area contributed by atoms with Crippen LogP contribution in [0, 0.1) is 0 Å². The zero-order chi connectivity index (χ0) is 21.6. The number of hydrogen-bond donors (Lipinski definition) is 1. The molecule has 1 aliphatic heterocycles. The number of nitrogens with two attached hydrogens (primary N) is 1. The van der Waals surface area contributed by atoms with Gasteiger partial charge in [-0.3, -0.25) is 9.78 Å². The Hall–Kier alpha value is -3.20. The molecular formula is C21H19F3N4O2. The van der Waals surface area contributed by atoms with Crippen molar-refractivity contribution in [1.82, 2.24) is 14.9 Å². The first-order valence-corrected chi connectivity index (χ1v) is 9.26. The predicted octanol–water partition coefficient (Wildman–Crippen LogP) is 4.09. The Labute approximate surface area is 170 Å². The number of carbonyl (C=O) groups is 1. The highest BCUT2D eigenvalue weighted by Gasteiger charge is 2.31. The second-order valence-electron chi connectivity index (χ2n) is 7.27. The highest BCUT2D eigenvalue weighted by atomic mass is 19.4. The maximum absolute atomic E-state index is 12.9. The number of nitrogens with zero attached hydrogens (tertiary/aromatic N) is 3. The van der Waals surface area contributed by atoms with Crippen LogP contribution < -0.4 is 5.73 Å². The van der Waals surface area contributed by atoms with Crippen LogP contribution >= 0.6 is 0 Å². The third-order valence-corrected chi connectivity index (χ3v) is 5.19. The van der Waals surface area contributed by atoms with E-state index < -0.39 is 11.7 Å². The van der Waals surface area contributed by atoms with E-state index >= 15 is 0 Å².